The van der Waals surface area contributed by atoms with Gasteiger partial charge in [-0.25, -0.2) is 19.4 Å². The molecule has 0 atom stereocenters. The van der Waals surface area contributed by atoms with Crippen molar-refractivity contribution in [3.05, 3.63) is 47.7 Å². The van der Waals surface area contributed by atoms with E-state index in [2.05, 4.69) is 19.9 Å². The molecule has 7 nitrogen and oxygen atoms in total. The van der Waals surface area contributed by atoms with Crippen LogP contribution in [0.4, 0.5) is 4.39 Å². The Morgan fingerprint density at radius 2 is 2.10 bits per heavy atom. The first kappa shape index (κ1) is 19.0. The Balaban J connectivity index is 1.67. The lowest BCUT2D eigenvalue weighted by Gasteiger charge is -2.14. The zero-order valence-electron chi connectivity index (χ0n) is 16.6. The first-order valence-electron chi connectivity index (χ1n) is 9.47. The zero-order chi connectivity index (χ0) is 20.8. The number of nitrogens with zero attached hydrogens (tertiary/aromatic N) is 3. The summed E-state index contributed by atoms with van der Waals surface area (Å²) in [4.78, 5) is 16.0. The molecule has 0 saturated heterocycles. The van der Waals surface area contributed by atoms with Gasteiger partial charge in [0.05, 0.1) is 17.4 Å². The predicted octanol–water partition coefficient (Wildman–Crippen LogP) is 4.10. The van der Waals surface area contributed by atoms with Gasteiger partial charge >= 0.3 is 0 Å². The predicted molar refractivity (Wildman–Crippen MR) is 111 cm³/mol. The number of aliphatic imine (C=N–C) groups is 1. The van der Waals surface area contributed by atoms with Crippen molar-refractivity contribution in [1.29, 1.82) is 5.41 Å². The van der Waals surface area contributed by atoms with E-state index in [1.807, 2.05) is 26.8 Å². The van der Waals surface area contributed by atoms with Gasteiger partial charge in [0, 0.05) is 34.1 Å². The van der Waals surface area contributed by atoms with Crippen LogP contribution in [0, 0.1) is 11.2 Å². The maximum absolute atomic E-state index is 14.0. The number of hydrogen-bond donors (Lipinski definition) is 3. The fourth-order valence-electron chi connectivity index (χ4n) is 3.12. The molecule has 0 radical (unpaired) electrons. The van der Waals surface area contributed by atoms with E-state index in [0.717, 1.165) is 29.3 Å². The molecule has 2 aromatic heterocycles. The van der Waals surface area contributed by atoms with Gasteiger partial charge in [-0.15, -0.1) is 0 Å². The highest BCUT2D eigenvalue weighted by atomic mass is 19.1. The largest absolute Gasteiger partial charge is 0.407 e. The molecule has 1 saturated carbocycles. The highest BCUT2D eigenvalue weighted by Crippen LogP contribution is 2.40. The normalized spacial score (nSPS) is 15.0. The summed E-state index contributed by atoms with van der Waals surface area (Å²) < 4.78 is 19.4. The van der Waals surface area contributed by atoms with Crippen molar-refractivity contribution in [3.8, 4) is 11.4 Å². The van der Waals surface area contributed by atoms with Crippen molar-refractivity contribution in [3.63, 3.8) is 0 Å². The summed E-state index contributed by atoms with van der Waals surface area (Å²) in [6.07, 6.45) is 4.93. The highest BCUT2D eigenvalue weighted by molar-refractivity contribution is 6.03. The SMILES string of the molecule is CC(C)(C)N=C(N)OC(=N)c1ccc2[nH]cc(-c3ncc(F)c(C4CC4)n3)c2c1. The number of amidine groups is 1. The number of nitrogens with two attached hydrogens (primary N) is 1. The van der Waals surface area contributed by atoms with E-state index in [-0.39, 0.29) is 23.7 Å². The van der Waals surface area contributed by atoms with Crippen molar-refractivity contribution in [2.24, 2.45) is 10.7 Å². The van der Waals surface area contributed by atoms with Crippen LogP contribution in [-0.4, -0.2) is 32.4 Å². The number of hydrogen-bond acceptors (Lipinski definition) is 5. The van der Waals surface area contributed by atoms with E-state index in [9.17, 15) is 4.39 Å². The molecule has 4 N–H and O–H groups in total. The Bertz CT molecular complexity index is 1120. The van der Waals surface area contributed by atoms with Crippen LogP contribution in [0.5, 0.6) is 0 Å². The topological polar surface area (TPSA) is 113 Å². The molecule has 4 rings (SSSR count). The van der Waals surface area contributed by atoms with E-state index < -0.39 is 5.54 Å². The standard InChI is InChI=1S/C21H23FN6O/c1-21(2,3)28-20(24)29-18(23)12-6-7-16-13(8-12)14(9-25-16)19-26-10-15(22)17(27-19)11-4-5-11/h6-11,23,25H,4-5H2,1-3H3,(H2,24,28). The van der Waals surface area contributed by atoms with E-state index >= 15 is 0 Å². The average molecular weight is 394 g/mol. The van der Waals surface area contributed by atoms with Gasteiger partial charge < -0.3 is 15.5 Å². The third-order valence-corrected chi connectivity index (χ3v) is 4.57. The number of H-pyrrole nitrogens is 1. The molecule has 3 aromatic rings. The van der Waals surface area contributed by atoms with Crippen LogP contribution in [0.3, 0.4) is 0 Å². The van der Waals surface area contributed by atoms with Crippen molar-refractivity contribution in [2.75, 3.05) is 0 Å². The summed E-state index contributed by atoms with van der Waals surface area (Å²) in [7, 11) is 0. The maximum atomic E-state index is 14.0. The molecule has 150 valence electrons. The van der Waals surface area contributed by atoms with Crippen LogP contribution in [0.1, 0.15) is 50.8 Å². The molecule has 0 amide bonds. The second kappa shape index (κ2) is 6.95. The summed E-state index contributed by atoms with van der Waals surface area (Å²) in [5.74, 6) is 0.172. The molecule has 1 aliphatic carbocycles. The number of benzene rings is 1. The van der Waals surface area contributed by atoms with Crippen LogP contribution >= 0.6 is 0 Å². The quantitative estimate of drug-likeness (QED) is 0.458. The van der Waals surface area contributed by atoms with Gasteiger partial charge in [0.1, 0.15) is 0 Å². The van der Waals surface area contributed by atoms with Crippen molar-refractivity contribution in [1.82, 2.24) is 15.0 Å². The number of aromatic nitrogens is 3. The van der Waals surface area contributed by atoms with Crippen molar-refractivity contribution in [2.45, 2.75) is 45.1 Å². The summed E-state index contributed by atoms with van der Waals surface area (Å²) in [5.41, 5.74) is 8.01. The molecule has 2 heterocycles. The van der Waals surface area contributed by atoms with Gasteiger partial charge in [0.2, 0.25) is 5.90 Å². The number of rotatable bonds is 3. The first-order valence-corrected chi connectivity index (χ1v) is 9.47. The molecule has 1 fully saturated rings. The molecule has 0 spiro atoms. The van der Waals surface area contributed by atoms with Crippen LogP contribution in [-0.2, 0) is 4.74 Å². The Morgan fingerprint density at radius 3 is 2.79 bits per heavy atom. The van der Waals surface area contributed by atoms with Gasteiger partial charge in [-0.1, -0.05) is 0 Å². The average Bonchev–Trinajstić information content (AvgIpc) is 3.39. The lowest BCUT2D eigenvalue weighted by atomic mass is 10.1. The molecule has 29 heavy (non-hydrogen) atoms. The van der Waals surface area contributed by atoms with Crippen molar-refractivity contribution < 1.29 is 9.13 Å². The summed E-state index contributed by atoms with van der Waals surface area (Å²) >= 11 is 0. The van der Waals surface area contributed by atoms with E-state index in [1.165, 1.54) is 6.20 Å². The minimum Gasteiger partial charge on any atom is -0.407 e. The third kappa shape index (κ3) is 4.11. The molecule has 0 bridgehead atoms. The second-order valence-electron chi connectivity index (χ2n) is 8.22. The Morgan fingerprint density at radius 1 is 1.34 bits per heavy atom. The molecule has 8 heteroatoms. The zero-order valence-corrected chi connectivity index (χ0v) is 16.6. The van der Waals surface area contributed by atoms with Crippen molar-refractivity contribution >= 4 is 22.8 Å². The molecule has 0 unspecified atom stereocenters. The van der Waals surface area contributed by atoms with E-state index in [1.54, 1.807) is 18.3 Å². The van der Waals surface area contributed by atoms with Crippen LogP contribution < -0.4 is 5.73 Å². The number of ether oxygens (including phenoxy) is 1. The van der Waals surface area contributed by atoms with E-state index in [0.29, 0.717) is 17.1 Å². The van der Waals surface area contributed by atoms with Gasteiger partial charge in [-0.3, -0.25) is 5.41 Å². The lowest BCUT2D eigenvalue weighted by Crippen LogP contribution is -2.25. The summed E-state index contributed by atoms with van der Waals surface area (Å²) in [6, 6.07) is 5.34. The first-order chi connectivity index (χ1) is 13.7. The van der Waals surface area contributed by atoms with E-state index in [4.69, 9.17) is 15.9 Å². The molecule has 1 aromatic carbocycles. The van der Waals surface area contributed by atoms with Crippen LogP contribution in [0.25, 0.3) is 22.3 Å². The van der Waals surface area contributed by atoms with Crippen LogP contribution in [0.2, 0.25) is 0 Å². The Hall–Kier alpha value is -3.29. The highest BCUT2D eigenvalue weighted by Gasteiger charge is 2.29. The minimum atomic E-state index is -0.401. The number of aromatic amines is 1. The van der Waals surface area contributed by atoms with Gasteiger partial charge in [-0.05, 0) is 51.8 Å². The summed E-state index contributed by atoms with van der Waals surface area (Å²) in [5, 5.41) is 9.04. The van der Waals surface area contributed by atoms with Gasteiger partial charge in [-0.2, -0.15) is 0 Å². The number of fused-ring (bicyclic) bond motifs is 1. The fraction of sp³-hybridized carbons (Fsp3) is 0.333. The maximum Gasteiger partial charge on any atom is 0.289 e. The lowest BCUT2D eigenvalue weighted by molar-refractivity contribution is 0.495. The smallest absolute Gasteiger partial charge is 0.289 e. The second-order valence-corrected chi connectivity index (χ2v) is 8.22. The molecule has 1 aliphatic rings. The third-order valence-electron chi connectivity index (χ3n) is 4.57. The molecule has 0 aliphatic heterocycles. The number of nitrogens with one attached hydrogen (secondary N) is 2. The molecular formula is C21H23FN6O. The summed E-state index contributed by atoms with van der Waals surface area (Å²) in [6.45, 7) is 5.68. The Labute approximate surface area is 167 Å². The van der Waals surface area contributed by atoms with Crippen LogP contribution in [0.15, 0.2) is 35.6 Å². The van der Waals surface area contributed by atoms with Gasteiger partial charge in [0.15, 0.2) is 11.6 Å². The van der Waals surface area contributed by atoms with Gasteiger partial charge in [0.25, 0.3) is 6.02 Å². The Kier molecular flexibility index (Phi) is 4.56. The minimum absolute atomic E-state index is 0.0622. The fourth-order valence-corrected chi connectivity index (χ4v) is 3.12. The molecular weight excluding hydrogens is 371 g/mol. The number of halogens is 1. The monoisotopic (exact) mass is 394 g/mol.